The average Bonchev–Trinajstić information content (AvgIpc) is 3.07. The van der Waals surface area contributed by atoms with Crippen LogP contribution in [0.1, 0.15) is 40.0 Å². The van der Waals surface area contributed by atoms with E-state index >= 15 is 0 Å². The first-order chi connectivity index (χ1) is 11.9. The molecule has 0 spiro atoms. The number of nitrogens with one attached hydrogen (secondary N) is 2. The van der Waals surface area contributed by atoms with Crippen LogP contribution in [0.4, 0.5) is 0 Å². The predicted octanol–water partition coefficient (Wildman–Crippen LogP) is 1.71. The molecule has 0 bridgehead atoms. The summed E-state index contributed by atoms with van der Waals surface area (Å²) >= 11 is 0. The number of piperidine rings is 1. The molecule has 0 aromatic carbocycles. The van der Waals surface area contributed by atoms with Crippen molar-refractivity contribution in [1.82, 2.24) is 15.5 Å². The monoisotopic (exact) mass is 354 g/mol. The Morgan fingerprint density at radius 3 is 2.52 bits per heavy atom. The zero-order valence-electron chi connectivity index (χ0n) is 16.8. The van der Waals surface area contributed by atoms with Gasteiger partial charge in [0.05, 0.1) is 12.7 Å². The highest BCUT2D eigenvalue weighted by Crippen LogP contribution is 2.21. The van der Waals surface area contributed by atoms with Crippen LogP contribution in [0.5, 0.6) is 0 Å². The number of rotatable bonds is 6. The molecule has 0 aromatic heterocycles. The van der Waals surface area contributed by atoms with Crippen molar-refractivity contribution in [1.29, 1.82) is 0 Å². The second-order valence-electron chi connectivity index (χ2n) is 8.49. The summed E-state index contributed by atoms with van der Waals surface area (Å²) in [6, 6.07) is 0.498. The molecule has 0 aliphatic carbocycles. The molecule has 6 heteroatoms. The summed E-state index contributed by atoms with van der Waals surface area (Å²) in [6.45, 7) is 12.8. The molecule has 0 aromatic rings. The van der Waals surface area contributed by atoms with E-state index in [2.05, 4.69) is 41.3 Å². The van der Waals surface area contributed by atoms with Gasteiger partial charge in [-0.3, -0.25) is 4.99 Å². The maximum absolute atomic E-state index is 5.61. The van der Waals surface area contributed by atoms with Gasteiger partial charge in [0.2, 0.25) is 0 Å². The Labute approximate surface area is 153 Å². The molecule has 0 amide bonds. The molecule has 6 nitrogen and oxygen atoms in total. The van der Waals surface area contributed by atoms with Gasteiger partial charge in [0.25, 0.3) is 0 Å². The van der Waals surface area contributed by atoms with Crippen LogP contribution in [0.15, 0.2) is 4.99 Å². The molecule has 146 valence electrons. The van der Waals surface area contributed by atoms with Gasteiger partial charge in [-0.15, -0.1) is 0 Å². The van der Waals surface area contributed by atoms with Gasteiger partial charge in [0.1, 0.15) is 0 Å². The van der Waals surface area contributed by atoms with Crippen LogP contribution in [0.25, 0.3) is 0 Å². The first kappa shape index (κ1) is 20.5. The molecule has 2 atom stereocenters. The lowest BCUT2D eigenvalue weighted by atomic mass is 9.89. The highest BCUT2D eigenvalue weighted by atomic mass is 16.5. The topological polar surface area (TPSA) is 58.1 Å². The fraction of sp³-hybridized carbons (Fsp3) is 0.947. The van der Waals surface area contributed by atoms with Crippen LogP contribution in [-0.4, -0.2) is 76.6 Å². The summed E-state index contributed by atoms with van der Waals surface area (Å²) in [4.78, 5) is 6.97. The largest absolute Gasteiger partial charge is 0.381 e. The van der Waals surface area contributed by atoms with E-state index in [1.165, 1.54) is 25.8 Å². The molecule has 0 saturated carbocycles. The Morgan fingerprint density at radius 1 is 1.28 bits per heavy atom. The van der Waals surface area contributed by atoms with E-state index in [1.54, 1.807) is 7.11 Å². The van der Waals surface area contributed by atoms with Gasteiger partial charge in [-0.2, -0.15) is 0 Å². The molecule has 2 N–H and O–H groups in total. The van der Waals surface area contributed by atoms with Crippen molar-refractivity contribution in [2.24, 2.45) is 16.3 Å². The lowest BCUT2D eigenvalue weighted by Crippen LogP contribution is -2.51. The highest BCUT2D eigenvalue weighted by molar-refractivity contribution is 5.80. The Balaban J connectivity index is 1.70. The van der Waals surface area contributed by atoms with Crippen molar-refractivity contribution in [3.8, 4) is 0 Å². The van der Waals surface area contributed by atoms with Gasteiger partial charge >= 0.3 is 0 Å². The van der Waals surface area contributed by atoms with Crippen molar-refractivity contribution >= 4 is 5.96 Å². The van der Waals surface area contributed by atoms with Crippen LogP contribution >= 0.6 is 0 Å². The number of hydrogen-bond acceptors (Lipinski definition) is 4. The van der Waals surface area contributed by atoms with E-state index in [4.69, 9.17) is 9.47 Å². The van der Waals surface area contributed by atoms with Crippen LogP contribution in [0.3, 0.4) is 0 Å². The maximum atomic E-state index is 5.61. The molecule has 2 heterocycles. The normalized spacial score (nSPS) is 25.2. The summed E-state index contributed by atoms with van der Waals surface area (Å²) in [5.74, 6) is 1.62. The standard InChI is InChI=1S/C19H38N4O2/c1-19(2,3)17(24-5)12-21-18(20-4)22-16-6-9-23(10-7-16)13-15-8-11-25-14-15/h15-17H,6-14H2,1-5H3,(H2,20,21,22). The Kier molecular flexibility index (Phi) is 7.97. The Bertz CT molecular complexity index is 408. The quantitative estimate of drug-likeness (QED) is 0.562. The predicted molar refractivity (Wildman–Crippen MR) is 103 cm³/mol. The lowest BCUT2D eigenvalue weighted by molar-refractivity contribution is 0.0204. The fourth-order valence-electron chi connectivity index (χ4n) is 3.67. The Hall–Kier alpha value is -0.850. The first-order valence-electron chi connectivity index (χ1n) is 9.72. The first-order valence-corrected chi connectivity index (χ1v) is 9.72. The van der Waals surface area contributed by atoms with Crippen molar-refractivity contribution < 1.29 is 9.47 Å². The summed E-state index contributed by atoms with van der Waals surface area (Å²) in [5, 5.41) is 7.01. The van der Waals surface area contributed by atoms with E-state index in [-0.39, 0.29) is 11.5 Å². The summed E-state index contributed by atoms with van der Waals surface area (Å²) in [6.07, 6.45) is 3.72. The zero-order valence-corrected chi connectivity index (χ0v) is 16.8. The highest BCUT2D eigenvalue weighted by Gasteiger charge is 2.26. The molecule has 2 saturated heterocycles. The van der Waals surface area contributed by atoms with E-state index in [0.717, 1.165) is 44.7 Å². The summed E-state index contributed by atoms with van der Waals surface area (Å²) in [7, 11) is 3.61. The van der Waals surface area contributed by atoms with E-state index in [0.29, 0.717) is 6.04 Å². The smallest absolute Gasteiger partial charge is 0.191 e. The molecular weight excluding hydrogens is 316 g/mol. The number of methoxy groups -OCH3 is 1. The van der Waals surface area contributed by atoms with Gasteiger partial charge in [-0.25, -0.2) is 0 Å². The van der Waals surface area contributed by atoms with Crippen molar-refractivity contribution in [2.45, 2.75) is 52.2 Å². The molecule has 2 aliphatic rings. The minimum atomic E-state index is 0.107. The van der Waals surface area contributed by atoms with Gasteiger partial charge < -0.3 is 25.0 Å². The molecule has 2 rings (SSSR count). The minimum Gasteiger partial charge on any atom is -0.381 e. The second kappa shape index (κ2) is 9.74. The molecule has 25 heavy (non-hydrogen) atoms. The molecule has 2 fully saturated rings. The maximum Gasteiger partial charge on any atom is 0.191 e. The minimum absolute atomic E-state index is 0.107. The average molecular weight is 355 g/mol. The lowest BCUT2D eigenvalue weighted by Gasteiger charge is -2.35. The van der Waals surface area contributed by atoms with Crippen LogP contribution in [0.2, 0.25) is 0 Å². The third-order valence-electron chi connectivity index (χ3n) is 5.40. The molecular formula is C19H38N4O2. The number of likely N-dealkylation sites (tertiary alicyclic amines) is 1. The number of nitrogens with zero attached hydrogens (tertiary/aromatic N) is 2. The summed E-state index contributed by atoms with van der Waals surface area (Å²) in [5.41, 5.74) is 0.107. The summed E-state index contributed by atoms with van der Waals surface area (Å²) < 4.78 is 11.1. The van der Waals surface area contributed by atoms with Gasteiger partial charge in [-0.05, 0) is 30.6 Å². The SMILES string of the molecule is CN=C(NCC(OC)C(C)(C)C)NC1CCN(CC2CCOC2)CC1. The van der Waals surface area contributed by atoms with E-state index in [9.17, 15) is 0 Å². The van der Waals surface area contributed by atoms with E-state index < -0.39 is 0 Å². The van der Waals surface area contributed by atoms with Crippen LogP contribution < -0.4 is 10.6 Å². The molecule has 0 radical (unpaired) electrons. The van der Waals surface area contributed by atoms with Crippen molar-refractivity contribution in [3.63, 3.8) is 0 Å². The fourth-order valence-corrected chi connectivity index (χ4v) is 3.67. The van der Waals surface area contributed by atoms with Gasteiger partial charge in [-0.1, -0.05) is 20.8 Å². The second-order valence-corrected chi connectivity index (χ2v) is 8.49. The zero-order chi connectivity index (χ0) is 18.3. The third-order valence-corrected chi connectivity index (χ3v) is 5.40. The Morgan fingerprint density at radius 2 is 2.00 bits per heavy atom. The number of aliphatic imine (C=N–C) groups is 1. The van der Waals surface area contributed by atoms with Crippen LogP contribution in [0, 0.1) is 11.3 Å². The van der Waals surface area contributed by atoms with Crippen molar-refractivity contribution in [2.75, 3.05) is 53.6 Å². The van der Waals surface area contributed by atoms with Crippen LogP contribution in [-0.2, 0) is 9.47 Å². The van der Waals surface area contributed by atoms with Gasteiger partial charge in [0.15, 0.2) is 5.96 Å². The molecule has 2 aliphatic heterocycles. The van der Waals surface area contributed by atoms with Gasteiger partial charge in [0, 0.05) is 53.0 Å². The molecule has 2 unspecified atom stereocenters. The third kappa shape index (κ3) is 6.76. The number of ether oxygens (including phenoxy) is 2. The van der Waals surface area contributed by atoms with Crippen molar-refractivity contribution in [3.05, 3.63) is 0 Å². The number of hydrogen-bond donors (Lipinski definition) is 2. The van der Waals surface area contributed by atoms with E-state index in [1.807, 2.05) is 7.05 Å². The number of guanidine groups is 1.